The average Bonchev–Trinajstić information content (AvgIpc) is 2.70. The van der Waals surface area contributed by atoms with E-state index in [4.69, 9.17) is 9.47 Å². The molecule has 0 aliphatic carbocycles. The average molecular weight is 419 g/mol. The third kappa shape index (κ3) is 5.04. The van der Waals surface area contributed by atoms with E-state index in [1.165, 1.54) is 24.3 Å². The van der Waals surface area contributed by atoms with E-state index >= 15 is 0 Å². The second kappa shape index (κ2) is 8.50. The van der Waals surface area contributed by atoms with Crippen molar-refractivity contribution in [1.82, 2.24) is 15.6 Å². The molecule has 1 aliphatic heterocycles. The Balaban J connectivity index is 1.61. The van der Waals surface area contributed by atoms with Crippen LogP contribution in [0, 0.1) is 0 Å². The highest BCUT2D eigenvalue weighted by Crippen LogP contribution is 2.30. The van der Waals surface area contributed by atoms with E-state index < -0.39 is 27.9 Å². The van der Waals surface area contributed by atoms with Crippen LogP contribution in [0.4, 0.5) is 0 Å². The molecule has 0 bridgehead atoms. The molecule has 3 N–H and O–H groups in total. The van der Waals surface area contributed by atoms with Crippen LogP contribution in [0.25, 0.3) is 0 Å². The van der Waals surface area contributed by atoms with E-state index in [9.17, 15) is 18.0 Å². The highest BCUT2D eigenvalue weighted by atomic mass is 32.2. The first-order chi connectivity index (χ1) is 13.8. The smallest absolute Gasteiger partial charge is 0.283 e. The second-order valence-electron chi connectivity index (χ2n) is 6.61. The van der Waals surface area contributed by atoms with Gasteiger partial charge in [-0.15, -0.1) is 0 Å². The summed E-state index contributed by atoms with van der Waals surface area (Å²) in [5.41, 5.74) is 4.59. The summed E-state index contributed by atoms with van der Waals surface area (Å²) in [6.45, 7) is 3.38. The minimum Gasteiger partial charge on any atom is -0.485 e. The molecule has 0 radical (unpaired) electrons. The fourth-order valence-electron chi connectivity index (χ4n) is 2.60. The Morgan fingerprint density at radius 1 is 1.03 bits per heavy atom. The van der Waals surface area contributed by atoms with Gasteiger partial charge in [-0.1, -0.05) is 18.2 Å². The summed E-state index contributed by atoms with van der Waals surface area (Å²) in [6.07, 6.45) is -0.938. The van der Waals surface area contributed by atoms with Gasteiger partial charge in [-0.25, -0.2) is 13.1 Å². The predicted molar refractivity (Wildman–Crippen MR) is 104 cm³/mol. The second-order valence-corrected chi connectivity index (χ2v) is 8.33. The number of rotatable bonds is 5. The Kier molecular flexibility index (Phi) is 6.04. The molecule has 1 unspecified atom stereocenters. The molecule has 154 valence electrons. The van der Waals surface area contributed by atoms with Gasteiger partial charge in [0.15, 0.2) is 11.5 Å². The number of hydrazine groups is 1. The van der Waals surface area contributed by atoms with Gasteiger partial charge in [0.1, 0.15) is 6.61 Å². The van der Waals surface area contributed by atoms with Crippen molar-refractivity contribution in [2.45, 2.75) is 30.9 Å². The molecule has 2 amide bonds. The summed E-state index contributed by atoms with van der Waals surface area (Å²) in [6, 6.07) is 12.1. The van der Waals surface area contributed by atoms with Crippen LogP contribution in [-0.2, 0) is 14.8 Å². The van der Waals surface area contributed by atoms with E-state index in [2.05, 4.69) is 15.6 Å². The third-order valence-corrected chi connectivity index (χ3v) is 5.55. The molecule has 0 spiro atoms. The zero-order valence-electron chi connectivity index (χ0n) is 15.8. The van der Waals surface area contributed by atoms with E-state index in [0.29, 0.717) is 11.5 Å². The molecule has 2 aromatic rings. The number of carbonyl (C=O) groups excluding carboxylic acids is 2. The van der Waals surface area contributed by atoms with Crippen molar-refractivity contribution in [2.75, 3.05) is 6.61 Å². The molecule has 0 saturated heterocycles. The summed E-state index contributed by atoms with van der Waals surface area (Å²) < 4.78 is 38.0. The topological polar surface area (TPSA) is 123 Å². The van der Waals surface area contributed by atoms with Gasteiger partial charge in [0.05, 0.1) is 4.90 Å². The molecule has 9 nitrogen and oxygen atoms in total. The minimum absolute atomic E-state index is 0.00663. The summed E-state index contributed by atoms with van der Waals surface area (Å²) in [5.74, 6) is -0.301. The van der Waals surface area contributed by atoms with Crippen LogP contribution in [0.1, 0.15) is 24.2 Å². The number of hydrogen-bond donors (Lipinski definition) is 3. The molecule has 29 heavy (non-hydrogen) atoms. The van der Waals surface area contributed by atoms with E-state index in [1.54, 1.807) is 38.1 Å². The summed E-state index contributed by atoms with van der Waals surface area (Å²) in [5, 5.41) is 0. The number of para-hydroxylation sites is 2. The number of hydrogen-bond acceptors (Lipinski definition) is 6. The Hall–Kier alpha value is -3.11. The van der Waals surface area contributed by atoms with Gasteiger partial charge >= 0.3 is 0 Å². The SMILES string of the molecule is CC(C)NS(=O)(=O)c1cccc(C(=O)NNC(=O)C2COc3ccccc3O2)c1. The quantitative estimate of drug-likeness (QED) is 0.621. The Morgan fingerprint density at radius 2 is 1.76 bits per heavy atom. The highest BCUT2D eigenvalue weighted by Gasteiger charge is 2.27. The zero-order valence-corrected chi connectivity index (χ0v) is 16.7. The van der Waals surface area contributed by atoms with E-state index in [0.717, 1.165) is 0 Å². The van der Waals surface area contributed by atoms with Crippen molar-refractivity contribution in [2.24, 2.45) is 0 Å². The van der Waals surface area contributed by atoms with Crippen LogP contribution >= 0.6 is 0 Å². The van der Waals surface area contributed by atoms with Gasteiger partial charge in [-0.05, 0) is 44.2 Å². The number of benzene rings is 2. The van der Waals surface area contributed by atoms with Gasteiger partial charge in [0, 0.05) is 11.6 Å². The van der Waals surface area contributed by atoms with Gasteiger partial charge in [-0.3, -0.25) is 20.4 Å². The molecule has 0 fully saturated rings. The maximum Gasteiger partial charge on any atom is 0.283 e. The van der Waals surface area contributed by atoms with Crippen molar-refractivity contribution >= 4 is 21.8 Å². The van der Waals surface area contributed by atoms with Gasteiger partial charge in [0.2, 0.25) is 16.1 Å². The lowest BCUT2D eigenvalue weighted by atomic mass is 10.2. The molecule has 2 aromatic carbocycles. The van der Waals surface area contributed by atoms with Crippen molar-refractivity contribution in [3.63, 3.8) is 0 Å². The zero-order chi connectivity index (χ0) is 21.0. The molecule has 1 aliphatic rings. The van der Waals surface area contributed by atoms with Crippen LogP contribution in [0.15, 0.2) is 53.4 Å². The number of fused-ring (bicyclic) bond motifs is 1. The normalized spacial score (nSPS) is 15.6. The fourth-order valence-corrected chi connectivity index (χ4v) is 3.90. The van der Waals surface area contributed by atoms with E-state index in [1.807, 2.05) is 0 Å². The van der Waals surface area contributed by atoms with Gasteiger partial charge < -0.3 is 9.47 Å². The lowest BCUT2D eigenvalue weighted by Gasteiger charge is -2.25. The van der Waals surface area contributed by atoms with Gasteiger partial charge in [0.25, 0.3) is 11.8 Å². The largest absolute Gasteiger partial charge is 0.485 e. The van der Waals surface area contributed by atoms with Crippen LogP contribution in [0.5, 0.6) is 11.5 Å². The lowest BCUT2D eigenvalue weighted by molar-refractivity contribution is -0.131. The molecular weight excluding hydrogens is 398 g/mol. The molecule has 1 atom stereocenters. The molecule has 10 heteroatoms. The van der Waals surface area contributed by atoms with Crippen LogP contribution in [-0.4, -0.2) is 39.0 Å². The monoisotopic (exact) mass is 419 g/mol. The minimum atomic E-state index is -3.75. The van der Waals surface area contributed by atoms with E-state index in [-0.39, 0.29) is 23.1 Å². The first kappa shape index (κ1) is 20.6. The van der Waals surface area contributed by atoms with Crippen molar-refractivity contribution in [3.05, 3.63) is 54.1 Å². The number of sulfonamides is 1. The summed E-state index contributed by atoms with van der Waals surface area (Å²) in [4.78, 5) is 24.5. The molecular formula is C19H21N3O6S. The van der Waals surface area contributed by atoms with Crippen LogP contribution < -0.4 is 25.0 Å². The van der Waals surface area contributed by atoms with Crippen molar-refractivity contribution < 1.29 is 27.5 Å². The maximum absolute atomic E-state index is 12.3. The fraction of sp³-hybridized carbons (Fsp3) is 0.263. The Labute approximate surface area is 168 Å². The summed E-state index contributed by atoms with van der Waals surface area (Å²) in [7, 11) is -3.75. The van der Waals surface area contributed by atoms with Crippen LogP contribution in [0.3, 0.4) is 0 Å². The number of ether oxygens (including phenoxy) is 2. The highest BCUT2D eigenvalue weighted by molar-refractivity contribution is 7.89. The first-order valence-electron chi connectivity index (χ1n) is 8.87. The first-order valence-corrected chi connectivity index (χ1v) is 10.4. The molecule has 0 saturated carbocycles. The standard InChI is InChI=1S/C19H21N3O6S/c1-12(2)22-29(25,26)14-7-5-6-13(10-14)18(23)20-21-19(24)17-11-27-15-8-3-4-9-16(15)28-17/h3-10,12,17,22H,11H2,1-2H3,(H,20,23)(H,21,24). The number of carbonyl (C=O) groups is 2. The van der Waals surface area contributed by atoms with Crippen LogP contribution in [0.2, 0.25) is 0 Å². The van der Waals surface area contributed by atoms with Gasteiger partial charge in [-0.2, -0.15) is 0 Å². The molecule has 1 heterocycles. The maximum atomic E-state index is 12.3. The van der Waals surface area contributed by atoms with Crippen molar-refractivity contribution in [1.29, 1.82) is 0 Å². The van der Waals surface area contributed by atoms with Crippen molar-refractivity contribution in [3.8, 4) is 11.5 Å². The Morgan fingerprint density at radius 3 is 2.48 bits per heavy atom. The summed E-state index contributed by atoms with van der Waals surface area (Å²) >= 11 is 0. The predicted octanol–water partition coefficient (Wildman–Crippen LogP) is 0.974. The lowest BCUT2D eigenvalue weighted by Crippen LogP contribution is -2.50. The Bertz CT molecular complexity index is 1020. The molecule has 0 aromatic heterocycles. The number of amides is 2. The number of nitrogens with one attached hydrogen (secondary N) is 3. The third-order valence-electron chi connectivity index (χ3n) is 3.90. The molecule has 3 rings (SSSR count).